The van der Waals surface area contributed by atoms with Crippen LogP contribution in [0.15, 0.2) is 53.4 Å². The molecule has 0 aliphatic carbocycles. The Balaban J connectivity index is 1.62. The first-order valence-electron chi connectivity index (χ1n) is 9.04. The Hall–Kier alpha value is -2.42. The molecule has 0 spiro atoms. The average molecular weight is 404 g/mol. The third kappa shape index (κ3) is 4.35. The van der Waals surface area contributed by atoms with E-state index in [1.54, 1.807) is 12.1 Å². The molecular formula is C20H25N3O4S. The van der Waals surface area contributed by atoms with E-state index in [1.165, 1.54) is 36.1 Å². The van der Waals surface area contributed by atoms with Crippen LogP contribution < -0.4 is 10.5 Å². The maximum atomic E-state index is 12.1. The number of carbonyl (C=O) groups is 1. The van der Waals surface area contributed by atoms with E-state index in [0.29, 0.717) is 31.9 Å². The fraction of sp³-hybridized carbons (Fsp3) is 0.350. The van der Waals surface area contributed by atoms with Crippen molar-refractivity contribution in [1.29, 1.82) is 0 Å². The van der Waals surface area contributed by atoms with Gasteiger partial charge in [0.15, 0.2) is 0 Å². The summed E-state index contributed by atoms with van der Waals surface area (Å²) in [6.45, 7) is 1.55. The highest BCUT2D eigenvalue weighted by atomic mass is 32.2. The molecule has 7 nitrogen and oxygen atoms in total. The predicted octanol–water partition coefficient (Wildman–Crippen LogP) is 1.23. The normalized spacial score (nSPS) is 17.3. The van der Waals surface area contributed by atoms with Gasteiger partial charge in [-0.3, -0.25) is 9.69 Å². The van der Waals surface area contributed by atoms with Crippen molar-refractivity contribution in [2.45, 2.75) is 23.9 Å². The van der Waals surface area contributed by atoms with Crippen LogP contribution in [0.3, 0.4) is 0 Å². The van der Waals surface area contributed by atoms with Crippen LogP contribution in [0.25, 0.3) is 0 Å². The van der Waals surface area contributed by atoms with Crippen LogP contribution in [0, 0.1) is 0 Å². The molecule has 150 valence electrons. The van der Waals surface area contributed by atoms with Crippen molar-refractivity contribution in [1.82, 2.24) is 9.21 Å². The van der Waals surface area contributed by atoms with Gasteiger partial charge in [-0.05, 0) is 41.8 Å². The van der Waals surface area contributed by atoms with Gasteiger partial charge in [0.25, 0.3) is 0 Å². The zero-order chi connectivity index (χ0) is 20.3. The molecule has 1 aliphatic heterocycles. The maximum absolute atomic E-state index is 12.1. The highest BCUT2D eigenvalue weighted by Crippen LogP contribution is 2.23. The van der Waals surface area contributed by atoms with Crippen LogP contribution in [-0.4, -0.2) is 56.8 Å². The van der Waals surface area contributed by atoms with E-state index < -0.39 is 10.0 Å². The molecule has 28 heavy (non-hydrogen) atoms. The number of ether oxygens (including phenoxy) is 1. The topological polar surface area (TPSA) is 92.9 Å². The van der Waals surface area contributed by atoms with E-state index in [9.17, 15) is 13.2 Å². The van der Waals surface area contributed by atoms with E-state index in [2.05, 4.69) is 6.07 Å². The predicted molar refractivity (Wildman–Crippen MR) is 106 cm³/mol. The molecular weight excluding hydrogens is 378 g/mol. The molecule has 3 rings (SSSR count). The summed E-state index contributed by atoms with van der Waals surface area (Å²) in [5, 5.41) is 0. The van der Waals surface area contributed by atoms with Gasteiger partial charge in [0.2, 0.25) is 15.9 Å². The van der Waals surface area contributed by atoms with Crippen molar-refractivity contribution in [3.8, 4) is 5.75 Å². The third-order valence-electron chi connectivity index (χ3n) is 4.92. The number of nitrogens with two attached hydrogens (primary N) is 1. The molecule has 2 aromatic rings. The van der Waals surface area contributed by atoms with E-state index in [1.807, 2.05) is 23.1 Å². The fourth-order valence-electron chi connectivity index (χ4n) is 3.29. The van der Waals surface area contributed by atoms with Gasteiger partial charge >= 0.3 is 0 Å². The molecule has 0 radical (unpaired) electrons. The van der Waals surface area contributed by atoms with Crippen molar-refractivity contribution in [2.75, 3.05) is 27.2 Å². The van der Waals surface area contributed by atoms with Gasteiger partial charge < -0.3 is 10.5 Å². The number of benzene rings is 2. The monoisotopic (exact) mass is 403 g/mol. The number of hydrogen-bond acceptors (Lipinski definition) is 5. The van der Waals surface area contributed by atoms with Crippen molar-refractivity contribution in [3.63, 3.8) is 0 Å². The summed E-state index contributed by atoms with van der Waals surface area (Å²) in [6, 6.07) is 14.0. The van der Waals surface area contributed by atoms with Gasteiger partial charge in [0.1, 0.15) is 12.4 Å². The van der Waals surface area contributed by atoms with Gasteiger partial charge in [0.05, 0.1) is 10.9 Å². The second kappa shape index (κ2) is 8.30. The van der Waals surface area contributed by atoms with E-state index in [-0.39, 0.29) is 16.8 Å². The summed E-state index contributed by atoms with van der Waals surface area (Å²) in [4.78, 5) is 14.1. The highest BCUT2D eigenvalue weighted by molar-refractivity contribution is 7.89. The third-order valence-corrected chi connectivity index (χ3v) is 6.75. The summed E-state index contributed by atoms with van der Waals surface area (Å²) >= 11 is 0. The molecule has 0 saturated carbocycles. The number of fused-ring (bicyclic) bond motifs is 1. The van der Waals surface area contributed by atoms with Crippen molar-refractivity contribution in [3.05, 3.63) is 59.7 Å². The van der Waals surface area contributed by atoms with Crippen molar-refractivity contribution in [2.24, 2.45) is 5.73 Å². The van der Waals surface area contributed by atoms with Gasteiger partial charge in [0, 0.05) is 27.2 Å². The minimum atomic E-state index is -3.46. The Kier molecular flexibility index (Phi) is 6.02. The Bertz CT molecular complexity index is 942. The van der Waals surface area contributed by atoms with E-state index in [0.717, 1.165) is 5.56 Å². The summed E-state index contributed by atoms with van der Waals surface area (Å²) in [5.74, 6) is 0.235. The van der Waals surface area contributed by atoms with Gasteiger partial charge in [-0.25, -0.2) is 12.7 Å². The SMILES string of the molecule is CN(C)S(=O)(=O)c1ccc(OCCN2Cc3ccccc3C[C@@H]2C(N)=O)cc1. The molecule has 0 fully saturated rings. The molecule has 0 saturated heterocycles. The molecule has 1 atom stereocenters. The van der Waals surface area contributed by atoms with Gasteiger partial charge in [-0.2, -0.15) is 0 Å². The smallest absolute Gasteiger partial charge is 0.242 e. The van der Waals surface area contributed by atoms with Gasteiger partial charge in [-0.15, -0.1) is 0 Å². The number of sulfonamides is 1. The summed E-state index contributed by atoms with van der Waals surface area (Å²) in [5.41, 5.74) is 7.94. The number of rotatable bonds is 7. The molecule has 2 N–H and O–H groups in total. The quantitative estimate of drug-likeness (QED) is 0.751. The minimum Gasteiger partial charge on any atom is -0.492 e. The highest BCUT2D eigenvalue weighted by Gasteiger charge is 2.29. The fourth-order valence-corrected chi connectivity index (χ4v) is 4.19. The summed E-state index contributed by atoms with van der Waals surface area (Å²) in [6.07, 6.45) is 0.600. The zero-order valence-corrected chi connectivity index (χ0v) is 16.9. The number of nitrogens with zero attached hydrogens (tertiary/aromatic N) is 2. The lowest BCUT2D eigenvalue weighted by Crippen LogP contribution is -2.49. The van der Waals surface area contributed by atoms with Crippen LogP contribution in [-0.2, 0) is 27.8 Å². The van der Waals surface area contributed by atoms with Crippen LogP contribution in [0.2, 0.25) is 0 Å². The minimum absolute atomic E-state index is 0.214. The van der Waals surface area contributed by atoms with E-state index in [4.69, 9.17) is 10.5 Å². The number of hydrogen-bond donors (Lipinski definition) is 1. The first-order valence-corrected chi connectivity index (χ1v) is 10.5. The molecule has 0 unspecified atom stereocenters. The van der Waals surface area contributed by atoms with Crippen molar-refractivity contribution >= 4 is 15.9 Å². The molecule has 1 amide bonds. The lowest BCUT2D eigenvalue weighted by molar-refractivity contribution is -0.123. The lowest BCUT2D eigenvalue weighted by Gasteiger charge is -2.34. The number of carbonyl (C=O) groups excluding carboxylic acids is 1. The second-order valence-corrected chi connectivity index (χ2v) is 9.12. The Morgan fingerprint density at radius 3 is 2.39 bits per heavy atom. The lowest BCUT2D eigenvalue weighted by atomic mass is 9.93. The van der Waals surface area contributed by atoms with Crippen molar-refractivity contribution < 1.29 is 17.9 Å². The second-order valence-electron chi connectivity index (χ2n) is 6.97. The van der Waals surface area contributed by atoms with Crippen LogP contribution in [0.1, 0.15) is 11.1 Å². The largest absolute Gasteiger partial charge is 0.492 e. The van der Waals surface area contributed by atoms with Crippen LogP contribution in [0.5, 0.6) is 5.75 Å². The number of amides is 1. The van der Waals surface area contributed by atoms with Crippen LogP contribution in [0.4, 0.5) is 0 Å². The van der Waals surface area contributed by atoms with E-state index >= 15 is 0 Å². The standard InChI is InChI=1S/C20H25N3O4S/c1-22(2)28(25,26)18-9-7-17(8-10-18)27-12-11-23-14-16-6-4-3-5-15(16)13-19(23)20(21)24/h3-10,19H,11-14H2,1-2H3,(H2,21,24)/t19-/m1/s1. The molecule has 1 heterocycles. The summed E-state index contributed by atoms with van der Waals surface area (Å²) in [7, 11) is -0.475. The zero-order valence-electron chi connectivity index (χ0n) is 16.0. The maximum Gasteiger partial charge on any atom is 0.242 e. The van der Waals surface area contributed by atoms with Gasteiger partial charge in [-0.1, -0.05) is 24.3 Å². The first kappa shape index (κ1) is 20.3. The Morgan fingerprint density at radius 1 is 1.14 bits per heavy atom. The molecule has 8 heteroatoms. The Morgan fingerprint density at radius 2 is 1.79 bits per heavy atom. The Labute approximate surface area is 165 Å². The molecule has 1 aliphatic rings. The molecule has 0 bridgehead atoms. The van der Waals surface area contributed by atoms with Crippen LogP contribution >= 0.6 is 0 Å². The summed E-state index contributed by atoms with van der Waals surface area (Å²) < 4.78 is 31.1. The first-order chi connectivity index (χ1) is 13.3. The number of primary amides is 1. The average Bonchev–Trinajstić information content (AvgIpc) is 2.67. The molecule has 2 aromatic carbocycles. The molecule has 0 aromatic heterocycles.